The van der Waals surface area contributed by atoms with E-state index in [-0.39, 0.29) is 19.4 Å². The SMILES string of the molecule is O=C1N(OS(=O)(=O)O)C2CC[C@@H](CNC(=O)C(F)(F)F)N1C2. The van der Waals surface area contributed by atoms with Crippen LogP contribution < -0.4 is 5.32 Å². The van der Waals surface area contributed by atoms with Gasteiger partial charge in [0.15, 0.2) is 0 Å². The Labute approximate surface area is 122 Å². The molecule has 22 heavy (non-hydrogen) atoms. The minimum Gasteiger partial charge on any atom is -0.346 e. The van der Waals surface area contributed by atoms with Gasteiger partial charge in [0, 0.05) is 13.1 Å². The number of alkyl halides is 3. The molecule has 1 unspecified atom stereocenters. The largest absolute Gasteiger partial charge is 0.471 e. The predicted octanol–water partition coefficient (Wildman–Crippen LogP) is -0.332. The van der Waals surface area contributed by atoms with Gasteiger partial charge in [0.05, 0.1) is 12.1 Å². The van der Waals surface area contributed by atoms with Gasteiger partial charge in [-0.3, -0.25) is 9.35 Å². The van der Waals surface area contributed by atoms with Crippen molar-refractivity contribution in [3.8, 4) is 0 Å². The van der Waals surface area contributed by atoms with Crippen LogP contribution in [0, 0.1) is 0 Å². The Balaban J connectivity index is 1.99. The molecule has 2 aliphatic heterocycles. The lowest BCUT2D eigenvalue weighted by molar-refractivity contribution is -0.173. The fourth-order valence-electron chi connectivity index (χ4n) is 2.43. The van der Waals surface area contributed by atoms with Crippen LogP contribution in [0.5, 0.6) is 0 Å². The molecule has 2 bridgehead atoms. The van der Waals surface area contributed by atoms with Crippen LogP contribution in [0.3, 0.4) is 0 Å². The Morgan fingerprint density at radius 2 is 2.05 bits per heavy atom. The Hall–Kier alpha value is -1.60. The molecule has 0 saturated carbocycles. The second-order valence-corrected chi connectivity index (χ2v) is 5.86. The topological polar surface area (TPSA) is 116 Å². The molecule has 2 rings (SSSR count). The van der Waals surface area contributed by atoms with Gasteiger partial charge in [-0.25, -0.2) is 4.79 Å². The van der Waals surface area contributed by atoms with E-state index in [4.69, 9.17) is 4.55 Å². The van der Waals surface area contributed by atoms with E-state index in [9.17, 15) is 31.2 Å². The molecule has 3 amide bonds. The lowest BCUT2D eigenvalue weighted by Gasteiger charge is -2.30. The predicted molar refractivity (Wildman–Crippen MR) is 62.4 cm³/mol. The first-order valence-electron chi connectivity index (χ1n) is 6.11. The zero-order valence-corrected chi connectivity index (χ0v) is 11.7. The van der Waals surface area contributed by atoms with E-state index in [2.05, 4.69) is 4.28 Å². The number of nitrogens with one attached hydrogen (secondary N) is 1. The number of rotatable bonds is 4. The number of piperidine rings is 1. The molecule has 2 atom stereocenters. The monoisotopic (exact) mass is 347 g/mol. The summed E-state index contributed by atoms with van der Waals surface area (Å²) in [5.74, 6) is -2.12. The highest BCUT2D eigenvalue weighted by molar-refractivity contribution is 7.80. The molecule has 0 aromatic rings. The maximum absolute atomic E-state index is 12.1. The summed E-state index contributed by atoms with van der Waals surface area (Å²) in [5, 5.41) is 2.15. The summed E-state index contributed by atoms with van der Waals surface area (Å²) in [6.45, 7) is -0.391. The zero-order valence-electron chi connectivity index (χ0n) is 10.9. The molecule has 2 saturated heterocycles. The first-order valence-corrected chi connectivity index (χ1v) is 7.47. The van der Waals surface area contributed by atoms with Gasteiger partial charge in [-0.05, 0) is 12.8 Å². The Morgan fingerprint density at radius 1 is 1.41 bits per heavy atom. The lowest BCUT2D eigenvalue weighted by Crippen LogP contribution is -2.49. The van der Waals surface area contributed by atoms with Crippen molar-refractivity contribution < 1.29 is 40.0 Å². The summed E-state index contributed by atoms with van der Waals surface area (Å²) in [6.07, 6.45) is -4.52. The number of amides is 3. The number of urea groups is 1. The van der Waals surface area contributed by atoms with E-state index < -0.39 is 47.1 Å². The molecule has 2 aliphatic rings. The summed E-state index contributed by atoms with van der Waals surface area (Å²) in [4.78, 5) is 23.8. The van der Waals surface area contributed by atoms with E-state index in [0.717, 1.165) is 4.90 Å². The first kappa shape index (κ1) is 16.8. The van der Waals surface area contributed by atoms with Crippen molar-refractivity contribution in [2.45, 2.75) is 31.1 Å². The van der Waals surface area contributed by atoms with Gasteiger partial charge in [-0.15, -0.1) is 4.28 Å². The highest BCUT2D eigenvalue weighted by Crippen LogP contribution is 2.30. The number of nitrogens with zero attached hydrogens (tertiary/aromatic N) is 2. The average molecular weight is 347 g/mol. The van der Waals surface area contributed by atoms with Crippen molar-refractivity contribution in [3.63, 3.8) is 0 Å². The van der Waals surface area contributed by atoms with Gasteiger partial charge in [-0.1, -0.05) is 0 Å². The van der Waals surface area contributed by atoms with Crippen LogP contribution in [-0.2, 0) is 19.5 Å². The third kappa shape index (κ3) is 3.59. The molecule has 13 heteroatoms. The number of hydrogen-bond acceptors (Lipinski definition) is 5. The van der Waals surface area contributed by atoms with E-state index in [1.807, 2.05) is 0 Å². The van der Waals surface area contributed by atoms with Crippen LogP contribution in [0.25, 0.3) is 0 Å². The van der Waals surface area contributed by atoms with Gasteiger partial charge < -0.3 is 10.2 Å². The molecule has 0 aliphatic carbocycles. The molecule has 0 aromatic heterocycles. The molecule has 9 nitrogen and oxygen atoms in total. The van der Waals surface area contributed by atoms with Crippen molar-refractivity contribution in [1.82, 2.24) is 15.3 Å². The Bertz CT molecular complexity index is 580. The second kappa shape index (κ2) is 5.55. The highest BCUT2D eigenvalue weighted by atomic mass is 32.3. The molecular formula is C9H12F3N3O6S. The van der Waals surface area contributed by atoms with Gasteiger partial charge in [-0.2, -0.15) is 26.7 Å². The molecule has 2 N–H and O–H groups in total. The Kier molecular flexibility index (Phi) is 4.23. The smallest absolute Gasteiger partial charge is 0.346 e. The molecule has 126 valence electrons. The summed E-state index contributed by atoms with van der Waals surface area (Å²) >= 11 is 0. The molecular weight excluding hydrogens is 335 g/mol. The highest BCUT2D eigenvalue weighted by Gasteiger charge is 2.47. The third-order valence-electron chi connectivity index (χ3n) is 3.38. The number of hydroxylamine groups is 2. The summed E-state index contributed by atoms with van der Waals surface area (Å²) in [6, 6.07) is -2.25. The maximum Gasteiger partial charge on any atom is 0.471 e. The molecule has 2 fully saturated rings. The first-order chi connectivity index (χ1) is 9.99. The third-order valence-corrected chi connectivity index (χ3v) is 3.73. The van der Waals surface area contributed by atoms with E-state index in [0.29, 0.717) is 5.06 Å². The van der Waals surface area contributed by atoms with Crippen molar-refractivity contribution in [1.29, 1.82) is 0 Å². The van der Waals surface area contributed by atoms with Crippen molar-refractivity contribution in [2.24, 2.45) is 0 Å². The fraction of sp³-hybridized carbons (Fsp3) is 0.778. The molecule has 0 spiro atoms. The number of halogens is 3. The normalized spacial score (nSPS) is 25.5. The minimum absolute atomic E-state index is 0.0287. The minimum atomic E-state index is -5.02. The van der Waals surface area contributed by atoms with Gasteiger partial charge >= 0.3 is 28.5 Å². The van der Waals surface area contributed by atoms with Crippen LogP contribution in [-0.4, -0.2) is 66.2 Å². The fourth-order valence-corrected chi connectivity index (χ4v) is 2.82. The summed E-state index contributed by atoms with van der Waals surface area (Å²) < 4.78 is 70.4. The van der Waals surface area contributed by atoms with Crippen LogP contribution in [0.15, 0.2) is 0 Å². The number of carbonyl (C=O) groups excluding carboxylic acids is 2. The standard InChI is InChI=1S/C9H12F3N3O6S/c10-9(11,12)7(16)13-3-5-1-2-6-4-14(5)8(17)15(6)21-22(18,19)20/h5-6H,1-4H2,(H,13,16)(H,18,19,20)/t5-,6?/m0/s1. The molecule has 0 aromatic carbocycles. The van der Waals surface area contributed by atoms with Gasteiger partial charge in [0.25, 0.3) is 0 Å². The van der Waals surface area contributed by atoms with Gasteiger partial charge in [0.1, 0.15) is 0 Å². The van der Waals surface area contributed by atoms with Crippen LogP contribution >= 0.6 is 0 Å². The summed E-state index contributed by atoms with van der Waals surface area (Å²) in [5.41, 5.74) is 0. The number of fused-ring (bicyclic) bond motifs is 2. The van der Waals surface area contributed by atoms with Crippen LogP contribution in [0.1, 0.15) is 12.8 Å². The van der Waals surface area contributed by atoms with Crippen molar-refractivity contribution in [3.05, 3.63) is 0 Å². The second-order valence-electron chi connectivity index (χ2n) is 4.86. The number of hydrogen-bond donors (Lipinski definition) is 2. The molecule has 0 radical (unpaired) electrons. The van der Waals surface area contributed by atoms with E-state index in [1.165, 1.54) is 0 Å². The Morgan fingerprint density at radius 3 is 2.59 bits per heavy atom. The van der Waals surface area contributed by atoms with Crippen LogP contribution in [0.2, 0.25) is 0 Å². The van der Waals surface area contributed by atoms with Crippen LogP contribution in [0.4, 0.5) is 18.0 Å². The summed E-state index contributed by atoms with van der Waals surface area (Å²) in [7, 11) is -4.88. The number of carbonyl (C=O) groups is 2. The van der Waals surface area contributed by atoms with E-state index in [1.54, 1.807) is 5.32 Å². The quantitative estimate of drug-likeness (QED) is 0.673. The molecule has 2 heterocycles. The van der Waals surface area contributed by atoms with E-state index >= 15 is 0 Å². The average Bonchev–Trinajstić information content (AvgIpc) is 2.60. The van der Waals surface area contributed by atoms with Crippen molar-refractivity contribution >= 4 is 22.3 Å². The van der Waals surface area contributed by atoms with Gasteiger partial charge in [0.2, 0.25) is 0 Å². The zero-order chi connectivity index (χ0) is 16.7. The lowest BCUT2D eigenvalue weighted by atomic mass is 10.0. The van der Waals surface area contributed by atoms with Crippen molar-refractivity contribution in [2.75, 3.05) is 13.1 Å². The maximum atomic E-state index is 12.1.